The molecule has 0 aliphatic rings. The molecule has 2 rings (SSSR count). The van der Waals surface area contributed by atoms with Crippen molar-refractivity contribution in [2.24, 2.45) is 5.73 Å². The van der Waals surface area contributed by atoms with E-state index in [2.05, 4.69) is 0 Å². The second kappa shape index (κ2) is 6.56. The zero-order valence-corrected chi connectivity index (χ0v) is 10.7. The van der Waals surface area contributed by atoms with E-state index in [4.69, 9.17) is 15.2 Å². The molecule has 0 fully saturated rings. The van der Waals surface area contributed by atoms with Crippen molar-refractivity contribution in [1.82, 2.24) is 0 Å². The highest BCUT2D eigenvalue weighted by Gasteiger charge is 2.05. The Morgan fingerprint density at radius 3 is 2.45 bits per heavy atom. The number of nitrogens with two attached hydrogens (primary N) is 1. The monoisotopic (exact) mass is 275 g/mol. The van der Waals surface area contributed by atoms with E-state index in [0.717, 1.165) is 5.56 Å². The van der Waals surface area contributed by atoms with Gasteiger partial charge in [0.2, 0.25) is 0 Å². The lowest BCUT2D eigenvalue weighted by molar-refractivity contribution is 0.148. The zero-order chi connectivity index (χ0) is 14.4. The number of carbonyl (C=O) groups excluding carboxylic acids is 1. The number of benzene rings is 2. The van der Waals surface area contributed by atoms with Gasteiger partial charge in [0, 0.05) is 5.56 Å². The molecule has 0 aromatic heterocycles. The fraction of sp³-hybridized carbons (Fsp3) is 0.133. The van der Waals surface area contributed by atoms with Gasteiger partial charge < -0.3 is 15.2 Å². The van der Waals surface area contributed by atoms with Crippen LogP contribution in [0.3, 0.4) is 0 Å². The first kappa shape index (κ1) is 13.9. The molecule has 5 heteroatoms. The van der Waals surface area contributed by atoms with E-state index in [-0.39, 0.29) is 12.4 Å². The van der Waals surface area contributed by atoms with E-state index in [0.29, 0.717) is 17.9 Å². The van der Waals surface area contributed by atoms with Crippen molar-refractivity contribution in [3.05, 3.63) is 65.5 Å². The fourth-order valence-corrected chi connectivity index (χ4v) is 1.65. The van der Waals surface area contributed by atoms with Gasteiger partial charge in [0.05, 0.1) is 0 Å². The predicted octanol–water partition coefficient (Wildman–Crippen LogP) is 3.00. The molecule has 0 atom stereocenters. The molecule has 0 aliphatic heterocycles. The van der Waals surface area contributed by atoms with Gasteiger partial charge in [0.1, 0.15) is 24.8 Å². The van der Waals surface area contributed by atoms with E-state index in [9.17, 15) is 9.18 Å². The Labute approximate surface area is 115 Å². The van der Waals surface area contributed by atoms with Crippen molar-refractivity contribution in [3.8, 4) is 5.75 Å². The third kappa shape index (κ3) is 3.98. The highest BCUT2D eigenvalue weighted by Crippen LogP contribution is 2.20. The Morgan fingerprint density at radius 1 is 1.05 bits per heavy atom. The summed E-state index contributed by atoms with van der Waals surface area (Å²) in [6, 6.07) is 13.2. The maximum absolute atomic E-state index is 12.8. The average Bonchev–Trinajstić information content (AvgIpc) is 2.45. The summed E-state index contributed by atoms with van der Waals surface area (Å²) in [6.07, 6.45) is -0.835. The lowest BCUT2D eigenvalue weighted by Gasteiger charge is -2.11. The van der Waals surface area contributed by atoms with Crippen LogP contribution in [0.5, 0.6) is 5.75 Å². The Morgan fingerprint density at radius 2 is 1.75 bits per heavy atom. The van der Waals surface area contributed by atoms with E-state index < -0.39 is 6.09 Å². The minimum atomic E-state index is -0.835. The smallest absolute Gasteiger partial charge is 0.404 e. The van der Waals surface area contributed by atoms with Crippen LogP contribution in [0.15, 0.2) is 48.5 Å². The Hall–Kier alpha value is -2.56. The molecule has 104 valence electrons. The molecule has 0 spiro atoms. The Kier molecular flexibility index (Phi) is 4.55. The fourth-order valence-electron chi connectivity index (χ4n) is 1.65. The standard InChI is InChI=1S/C15H14FNO3/c16-13-7-5-11(6-8-13)9-19-14-4-2-1-3-12(14)10-20-15(17)18/h1-8H,9-10H2,(H2,17,18). The molecule has 20 heavy (non-hydrogen) atoms. The summed E-state index contributed by atoms with van der Waals surface area (Å²) in [5, 5.41) is 0. The molecule has 2 aromatic rings. The van der Waals surface area contributed by atoms with Crippen LogP contribution in [0, 0.1) is 5.82 Å². The van der Waals surface area contributed by atoms with Crippen LogP contribution < -0.4 is 10.5 Å². The SMILES string of the molecule is NC(=O)OCc1ccccc1OCc1ccc(F)cc1. The van der Waals surface area contributed by atoms with Crippen molar-refractivity contribution in [1.29, 1.82) is 0 Å². The van der Waals surface area contributed by atoms with E-state index in [1.165, 1.54) is 12.1 Å². The number of hydrogen-bond donors (Lipinski definition) is 1. The maximum Gasteiger partial charge on any atom is 0.404 e. The van der Waals surface area contributed by atoms with Crippen molar-refractivity contribution in [2.75, 3.05) is 0 Å². The maximum atomic E-state index is 12.8. The van der Waals surface area contributed by atoms with Crippen molar-refractivity contribution in [3.63, 3.8) is 0 Å². The van der Waals surface area contributed by atoms with Crippen molar-refractivity contribution >= 4 is 6.09 Å². The van der Waals surface area contributed by atoms with E-state index in [1.807, 2.05) is 12.1 Å². The molecule has 0 heterocycles. The van der Waals surface area contributed by atoms with Crippen molar-refractivity contribution in [2.45, 2.75) is 13.2 Å². The van der Waals surface area contributed by atoms with Gasteiger partial charge in [-0.05, 0) is 23.8 Å². The number of carbonyl (C=O) groups is 1. The van der Waals surface area contributed by atoms with Gasteiger partial charge in [-0.15, -0.1) is 0 Å². The molecular weight excluding hydrogens is 261 g/mol. The summed E-state index contributed by atoms with van der Waals surface area (Å²) in [5.41, 5.74) is 6.49. The highest BCUT2D eigenvalue weighted by atomic mass is 19.1. The summed E-state index contributed by atoms with van der Waals surface area (Å²) >= 11 is 0. The lowest BCUT2D eigenvalue weighted by atomic mass is 10.2. The molecule has 0 aliphatic carbocycles. The van der Waals surface area contributed by atoms with Gasteiger partial charge in [0.25, 0.3) is 0 Å². The third-order valence-electron chi connectivity index (χ3n) is 2.65. The molecule has 0 bridgehead atoms. The van der Waals surface area contributed by atoms with Crippen LogP contribution in [-0.4, -0.2) is 6.09 Å². The van der Waals surface area contributed by atoms with Gasteiger partial charge in [-0.25, -0.2) is 9.18 Å². The molecule has 2 aromatic carbocycles. The molecule has 0 saturated heterocycles. The summed E-state index contributed by atoms with van der Waals surface area (Å²) in [4.78, 5) is 10.6. The van der Waals surface area contributed by atoms with Crippen LogP contribution in [0.2, 0.25) is 0 Å². The van der Waals surface area contributed by atoms with Gasteiger partial charge in [-0.1, -0.05) is 30.3 Å². The number of halogens is 1. The zero-order valence-electron chi connectivity index (χ0n) is 10.7. The molecule has 0 radical (unpaired) electrons. The second-order valence-corrected chi connectivity index (χ2v) is 4.13. The van der Waals surface area contributed by atoms with Gasteiger partial charge >= 0.3 is 6.09 Å². The van der Waals surface area contributed by atoms with E-state index in [1.54, 1.807) is 24.3 Å². The van der Waals surface area contributed by atoms with Crippen LogP contribution in [0.25, 0.3) is 0 Å². The normalized spacial score (nSPS) is 10.1. The number of para-hydroxylation sites is 1. The van der Waals surface area contributed by atoms with Crippen LogP contribution in [0.4, 0.5) is 9.18 Å². The second-order valence-electron chi connectivity index (χ2n) is 4.13. The minimum Gasteiger partial charge on any atom is -0.488 e. The molecule has 0 unspecified atom stereocenters. The summed E-state index contributed by atoms with van der Waals surface area (Å²) < 4.78 is 23.2. The Bertz CT molecular complexity index is 584. The first-order valence-corrected chi connectivity index (χ1v) is 6.02. The summed E-state index contributed by atoms with van der Waals surface area (Å²) in [6.45, 7) is 0.350. The predicted molar refractivity (Wildman–Crippen MR) is 71.5 cm³/mol. The highest BCUT2D eigenvalue weighted by molar-refractivity contribution is 5.64. The molecule has 4 nitrogen and oxygen atoms in total. The first-order valence-electron chi connectivity index (χ1n) is 6.02. The molecular formula is C15H14FNO3. The van der Waals surface area contributed by atoms with Gasteiger partial charge in [-0.2, -0.15) is 0 Å². The first-order chi connectivity index (χ1) is 9.65. The molecule has 0 saturated carbocycles. The third-order valence-corrected chi connectivity index (χ3v) is 2.65. The van der Waals surface area contributed by atoms with Crippen LogP contribution >= 0.6 is 0 Å². The van der Waals surface area contributed by atoms with E-state index >= 15 is 0 Å². The quantitative estimate of drug-likeness (QED) is 0.912. The lowest BCUT2D eigenvalue weighted by Crippen LogP contribution is -2.13. The number of hydrogen-bond acceptors (Lipinski definition) is 3. The summed E-state index contributed by atoms with van der Waals surface area (Å²) in [7, 11) is 0. The van der Waals surface area contributed by atoms with Gasteiger partial charge in [0.15, 0.2) is 0 Å². The Balaban J connectivity index is 2.01. The van der Waals surface area contributed by atoms with Crippen LogP contribution in [0.1, 0.15) is 11.1 Å². The number of rotatable bonds is 5. The average molecular weight is 275 g/mol. The number of amides is 1. The molecule has 1 amide bonds. The number of ether oxygens (including phenoxy) is 2. The van der Waals surface area contributed by atoms with Crippen molar-refractivity contribution < 1.29 is 18.7 Å². The number of primary amides is 1. The topological polar surface area (TPSA) is 61.6 Å². The largest absolute Gasteiger partial charge is 0.488 e. The summed E-state index contributed by atoms with van der Waals surface area (Å²) in [5.74, 6) is 0.307. The van der Waals surface area contributed by atoms with Crippen LogP contribution in [-0.2, 0) is 18.0 Å². The molecule has 2 N–H and O–H groups in total. The van der Waals surface area contributed by atoms with Gasteiger partial charge in [-0.3, -0.25) is 0 Å². The minimum absolute atomic E-state index is 0.0505.